The van der Waals surface area contributed by atoms with Crippen LogP contribution in [0.5, 0.6) is 0 Å². The third-order valence-electron chi connectivity index (χ3n) is 2.77. The van der Waals surface area contributed by atoms with Crippen LogP contribution in [0.25, 0.3) is 0 Å². The molecular formula is C14H22IN5O4S. The van der Waals surface area contributed by atoms with Gasteiger partial charge in [0.1, 0.15) is 0 Å². The topological polar surface area (TPSA) is 126 Å². The minimum absolute atomic E-state index is 0. The van der Waals surface area contributed by atoms with E-state index in [2.05, 4.69) is 26.9 Å². The highest BCUT2D eigenvalue weighted by Gasteiger charge is 2.16. The Morgan fingerprint density at radius 3 is 2.72 bits per heavy atom. The maximum atomic E-state index is 12.1. The van der Waals surface area contributed by atoms with Crippen LogP contribution in [0.1, 0.15) is 6.92 Å². The molecule has 0 unspecified atom stereocenters. The van der Waals surface area contributed by atoms with Gasteiger partial charge in [0.15, 0.2) is 5.96 Å². The zero-order chi connectivity index (χ0) is 18.0. The van der Waals surface area contributed by atoms with Gasteiger partial charge in [0, 0.05) is 31.8 Å². The van der Waals surface area contributed by atoms with Gasteiger partial charge in [0.2, 0.25) is 10.0 Å². The molecule has 0 aliphatic heterocycles. The van der Waals surface area contributed by atoms with E-state index >= 15 is 0 Å². The Hall–Kier alpha value is -1.73. The number of nitrogens with zero attached hydrogens (tertiary/aromatic N) is 2. The fraction of sp³-hybridized carbons (Fsp3) is 0.357. The minimum Gasteiger partial charge on any atom is -0.357 e. The van der Waals surface area contributed by atoms with Crippen molar-refractivity contribution in [2.24, 2.45) is 4.99 Å². The second-order valence-electron chi connectivity index (χ2n) is 4.58. The highest BCUT2D eigenvalue weighted by Crippen LogP contribution is 2.16. The average molecular weight is 483 g/mol. The first-order valence-corrected chi connectivity index (χ1v) is 8.76. The van der Waals surface area contributed by atoms with E-state index in [1.54, 1.807) is 6.08 Å². The lowest BCUT2D eigenvalue weighted by Crippen LogP contribution is -2.38. The summed E-state index contributed by atoms with van der Waals surface area (Å²) in [6.45, 7) is 6.98. The highest BCUT2D eigenvalue weighted by atomic mass is 127. The number of guanidine groups is 1. The zero-order valence-electron chi connectivity index (χ0n) is 13.8. The molecule has 11 heteroatoms. The molecule has 3 N–H and O–H groups in total. The van der Waals surface area contributed by atoms with Crippen molar-refractivity contribution in [1.82, 2.24) is 15.4 Å². The summed E-state index contributed by atoms with van der Waals surface area (Å²) in [6, 6.07) is 4.88. The van der Waals surface area contributed by atoms with Crippen LogP contribution in [0.15, 0.2) is 46.8 Å². The molecule has 1 aromatic carbocycles. The van der Waals surface area contributed by atoms with E-state index < -0.39 is 14.9 Å². The molecule has 0 atom stereocenters. The Bertz CT molecular complexity index is 709. The first kappa shape index (κ1) is 23.3. The van der Waals surface area contributed by atoms with E-state index in [-0.39, 0.29) is 47.6 Å². The lowest BCUT2D eigenvalue weighted by Gasteiger charge is -2.10. The molecule has 0 saturated carbocycles. The molecule has 0 heterocycles. The van der Waals surface area contributed by atoms with Crippen LogP contribution in [0.3, 0.4) is 0 Å². The van der Waals surface area contributed by atoms with E-state index in [4.69, 9.17) is 0 Å². The van der Waals surface area contributed by atoms with Crippen LogP contribution in [-0.2, 0) is 10.0 Å². The van der Waals surface area contributed by atoms with Crippen LogP contribution in [0.4, 0.5) is 5.69 Å². The molecule has 0 aliphatic rings. The quantitative estimate of drug-likeness (QED) is 0.0923. The molecule has 1 aromatic rings. The Balaban J connectivity index is 0.00000576. The summed E-state index contributed by atoms with van der Waals surface area (Å²) in [6.07, 6.45) is 1.68. The largest absolute Gasteiger partial charge is 0.357 e. The molecular weight excluding hydrogens is 461 g/mol. The number of aliphatic imine (C=N–C) groups is 1. The lowest BCUT2D eigenvalue weighted by molar-refractivity contribution is -0.385. The second kappa shape index (κ2) is 11.8. The summed E-state index contributed by atoms with van der Waals surface area (Å²) in [4.78, 5) is 14.1. The normalized spacial score (nSPS) is 11.3. The number of nitrogens with one attached hydrogen (secondary N) is 3. The van der Waals surface area contributed by atoms with Crippen molar-refractivity contribution in [1.29, 1.82) is 0 Å². The van der Waals surface area contributed by atoms with Crippen molar-refractivity contribution in [2.45, 2.75) is 11.8 Å². The number of nitro benzene ring substituents is 1. The number of hydrogen-bond donors (Lipinski definition) is 3. The third kappa shape index (κ3) is 8.27. The maximum Gasteiger partial charge on any atom is 0.270 e. The van der Waals surface area contributed by atoms with Gasteiger partial charge in [-0.1, -0.05) is 12.1 Å². The summed E-state index contributed by atoms with van der Waals surface area (Å²) in [5, 5.41) is 16.7. The van der Waals surface area contributed by atoms with Crippen LogP contribution in [0.2, 0.25) is 0 Å². The molecule has 9 nitrogen and oxygen atoms in total. The number of halogens is 1. The van der Waals surface area contributed by atoms with Gasteiger partial charge in [-0.05, 0) is 13.0 Å². The Labute approximate surface area is 164 Å². The summed E-state index contributed by atoms with van der Waals surface area (Å²) >= 11 is 0. The molecule has 0 fully saturated rings. The van der Waals surface area contributed by atoms with Crippen molar-refractivity contribution in [3.63, 3.8) is 0 Å². The van der Waals surface area contributed by atoms with Gasteiger partial charge in [-0.2, -0.15) is 0 Å². The van der Waals surface area contributed by atoms with E-state index in [1.165, 1.54) is 18.2 Å². The number of non-ortho nitro benzene ring substituents is 1. The van der Waals surface area contributed by atoms with Crippen molar-refractivity contribution < 1.29 is 13.3 Å². The second-order valence-corrected chi connectivity index (χ2v) is 6.35. The van der Waals surface area contributed by atoms with Crippen LogP contribution >= 0.6 is 24.0 Å². The molecule has 0 bridgehead atoms. The zero-order valence-corrected chi connectivity index (χ0v) is 16.9. The molecule has 140 valence electrons. The molecule has 0 spiro atoms. The smallest absolute Gasteiger partial charge is 0.270 e. The van der Waals surface area contributed by atoms with Crippen LogP contribution in [0, 0.1) is 10.1 Å². The fourth-order valence-electron chi connectivity index (χ4n) is 1.71. The highest BCUT2D eigenvalue weighted by molar-refractivity contribution is 14.0. The summed E-state index contributed by atoms with van der Waals surface area (Å²) in [7, 11) is -3.82. The summed E-state index contributed by atoms with van der Waals surface area (Å²) in [5.41, 5.74) is -0.279. The predicted molar refractivity (Wildman–Crippen MR) is 108 cm³/mol. The van der Waals surface area contributed by atoms with Crippen LogP contribution < -0.4 is 15.4 Å². The molecule has 1 rings (SSSR count). The summed E-state index contributed by atoms with van der Waals surface area (Å²) < 4.78 is 26.6. The number of benzene rings is 1. The number of sulfonamides is 1. The molecule has 0 aromatic heterocycles. The van der Waals surface area contributed by atoms with Gasteiger partial charge >= 0.3 is 0 Å². The van der Waals surface area contributed by atoms with Gasteiger partial charge in [-0.3, -0.25) is 15.1 Å². The standard InChI is InChI=1S/C14H21N5O4S.HI/c1-3-8-16-14(15-4-2)17-9-10-18-24(22,23)13-7-5-6-12(11-13)19(20)21;/h3,5-7,11,18H,1,4,8-10H2,2H3,(H2,15,16,17);1H. The Kier molecular flexibility index (Phi) is 10.9. The van der Waals surface area contributed by atoms with Crippen molar-refractivity contribution in [3.8, 4) is 0 Å². The van der Waals surface area contributed by atoms with Gasteiger partial charge in [0.05, 0.1) is 16.4 Å². The molecule has 0 radical (unpaired) electrons. The van der Waals surface area contributed by atoms with Crippen molar-refractivity contribution >= 4 is 45.6 Å². The minimum atomic E-state index is -3.82. The Morgan fingerprint density at radius 1 is 1.40 bits per heavy atom. The van der Waals surface area contributed by atoms with Gasteiger partial charge in [-0.25, -0.2) is 13.1 Å². The van der Waals surface area contributed by atoms with Crippen LogP contribution in [-0.4, -0.2) is 45.5 Å². The van der Waals surface area contributed by atoms with Gasteiger partial charge in [-0.15, -0.1) is 30.6 Å². The molecule has 0 amide bonds. The summed E-state index contributed by atoms with van der Waals surface area (Å²) in [5.74, 6) is 0.548. The fourth-order valence-corrected chi connectivity index (χ4v) is 2.77. The van der Waals surface area contributed by atoms with Crippen molar-refractivity contribution in [2.75, 3.05) is 26.2 Å². The van der Waals surface area contributed by atoms with Gasteiger partial charge in [0.25, 0.3) is 5.69 Å². The SMILES string of the molecule is C=CCNC(=NCCNS(=O)(=O)c1cccc([N+](=O)[O-])c1)NCC.I. The number of nitro groups is 1. The third-order valence-corrected chi connectivity index (χ3v) is 4.23. The monoisotopic (exact) mass is 483 g/mol. The molecule has 0 aliphatic carbocycles. The number of rotatable bonds is 9. The van der Waals surface area contributed by atoms with E-state index in [0.29, 0.717) is 19.0 Å². The predicted octanol–water partition coefficient (Wildman–Crippen LogP) is 1.23. The van der Waals surface area contributed by atoms with Gasteiger partial charge < -0.3 is 10.6 Å². The van der Waals surface area contributed by atoms with E-state index in [9.17, 15) is 18.5 Å². The van der Waals surface area contributed by atoms with E-state index in [1.807, 2.05) is 6.92 Å². The molecule has 0 saturated heterocycles. The Morgan fingerprint density at radius 2 is 2.12 bits per heavy atom. The molecule has 25 heavy (non-hydrogen) atoms. The average Bonchev–Trinajstić information content (AvgIpc) is 2.56. The maximum absolute atomic E-state index is 12.1. The first-order chi connectivity index (χ1) is 11.4. The van der Waals surface area contributed by atoms with E-state index in [0.717, 1.165) is 6.07 Å². The number of hydrogen-bond acceptors (Lipinski definition) is 5. The van der Waals surface area contributed by atoms with Crippen molar-refractivity contribution in [3.05, 3.63) is 47.0 Å². The first-order valence-electron chi connectivity index (χ1n) is 7.28. The lowest BCUT2D eigenvalue weighted by atomic mass is 10.3.